The van der Waals surface area contributed by atoms with Crippen LogP contribution in [0.15, 0.2) is 23.1 Å². The van der Waals surface area contributed by atoms with E-state index in [-0.39, 0.29) is 0 Å². The van der Waals surface area contributed by atoms with Gasteiger partial charge in [-0.25, -0.2) is 8.42 Å². The van der Waals surface area contributed by atoms with Crippen molar-refractivity contribution in [1.82, 2.24) is 4.31 Å². The molecule has 0 atom stereocenters. The topological polar surface area (TPSA) is 63.4 Å². The second-order valence-electron chi connectivity index (χ2n) is 4.90. The lowest BCUT2D eigenvalue weighted by molar-refractivity contribution is 0.409. The standard InChI is InChI=1S/C15H26N2O2S/c1-4-9-17(10-5-2)20(18,19)15-11-13(12-16)7-8-14(15)6-3/h7-8,11H,4-6,9-10,12,16H2,1-3H3. The molecule has 0 aliphatic heterocycles. The van der Waals surface area contributed by atoms with Gasteiger partial charge in [-0.3, -0.25) is 0 Å². The highest BCUT2D eigenvalue weighted by Crippen LogP contribution is 2.23. The Labute approximate surface area is 123 Å². The van der Waals surface area contributed by atoms with E-state index < -0.39 is 10.0 Å². The SMILES string of the molecule is CCCN(CCC)S(=O)(=O)c1cc(CN)ccc1CC. The molecule has 1 rings (SSSR count). The molecule has 0 saturated heterocycles. The van der Waals surface area contributed by atoms with Crippen LogP contribution >= 0.6 is 0 Å². The largest absolute Gasteiger partial charge is 0.326 e. The second-order valence-corrected chi connectivity index (χ2v) is 6.81. The number of rotatable bonds is 8. The van der Waals surface area contributed by atoms with E-state index in [1.54, 1.807) is 10.4 Å². The fourth-order valence-electron chi connectivity index (χ4n) is 2.25. The van der Waals surface area contributed by atoms with Crippen molar-refractivity contribution in [2.45, 2.75) is 51.5 Å². The quantitative estimate of drug-likeness (QED) is 0.802. The van der Waals surface area contributed by atoms with Crippen LogP contribution in [0.5, 0.6) is 0 Å². The molecular formula is C15H26N2O2S. The number of hydrogen-bond acceptors (Lipinski definition) is 3. The van der Waals surface area contributed by atoms with Crippen molar-refractivity contribution in [2.24, 2.45) is 5.73 Å². The molecule has 2 N–H and O–H groups in total. The molecule has 0 aromatic heterocycles. The first-order valence-electron chi connectivity index (χ1n) is 7.33. The molecule has 0 saturated carbocycles. The molecule has 0 fully saturated rings. The number of nitrogens with zero attached hydrogens (tertiary/aromatic N) is 1. The zero-order valence-electron chi connectivity index (χ0n) is 12.7. The van der Waals surface area contributed by atoms with Crippen LogP contribution in [-0.4, -0.2) is 25.8 Å². The van der Waals surface area contributed by atoms with Gasteiger partial charge in [0.15, 0.2) is 0 Å². The van der Waals surface area contributed by atoms with E-state index in [0.29, 0.717) is 31.0 Å². The van der Waals surface area contributed by atoms with Gasteiger partial charge in [-0.15, -0.1) is 0 Å². The molecule has 4 nitrogen and oxygen atoms in total. The molecule has 0 radical (unpaired) electrons. The molecule has 5 heteroatoms. The first kappa shape index (κ1) is 17.1. The molecule has 1 aromatic rings. The maximum absolute atomic E-state index is 12.8. The van der Waals surface area contributed by atoms with Crippen LogP contribution in [0.25, 0.3) is 0 Å². The summed E-state index contributed by atoms with van der Waals surface area (Å²) in [6.45, 7) is 7.44. The summed E-state index contributed by atoms with van der Waals surface area (Å²) in [6, 6.07) is 5.51. The van der Waals surface area contributed by atoms with Crippen LogP contribution in [0.3, 0.4) is 0 Å². The maximum atomic E-state index is 12.8. The van der Waals surface area contributed by atoms with Crippen molar-refractivity contribution < 1.29 is 8.42 Å². The monoisotopic (exact) mass is 298 g/mol. The molecule has 0 aliphatic rings. The van der Waals surface area contributed by atoms with Crippen molar-refractivity contribution in [3.8, 4) is 0 Å². The summed E-state index contributed by atoms with van der Waals surface area (Å²) in [5.41, 5.74) is 7.35. The van der Waals surface area contributed by atoms with E-state index in [2.05, 4.69) is 0 Å². The van der Waals surface area contributed by atoms with Gasteiger partial charge in [0.25, 0.3) is 0 Å². The fourth-order valence-corrected chi connectivity index (χ4v) is 4.22. The van der Waals surface area contributed by atoms with Crippen LogP contribution in [0, 0.1) is 0 Å². The molecule has 0 amide bonds. The second kappa shape index (κ2) is 7.76. The zero-order valence-corrected chi connectivity index (χ0v) is 13.5. The Balaban J connectivity index is 3.30. The minimum absolute atomic E-state index is 0.355. The minimum atomic E-state index is -3.42. The van der Waals surface area contributed by atoms with E-state index in [1.807, 2.05) is 32.9 Å². The van der Waals surface area contributed by atoms with Gasteiger partial charge >= 0.3 is 0 Å². The van der Waals surface area contributed by atoms with Gasteiger partial charge in [0.2, 0.25) is 10.0 Å². The van der Waals surface area contributed by atoms with E-state index >= 15 is 0 Å². The first-order valence-corrected chi connectivity index (χ1v) is 8.77. The molecular weight excluding hydrogens is 272 g/mol. The highest BCUT2D eigenvalue weighted by Gasteiger charge is 2.25. The highest BCUT2D eigenvalue weighted by atomic mass is 32.2. The molecule has 20 heavy (non-hydrogen) atoms. The average molecular weight is 298 g/mol. The molecule has 114 valence electrons. The summed E-state index contributed by atoms with van der Waals surface area (Å²) in [5, 5.41) is 0. The number of hydrogen-bond donors (Lipinski definition) is 1. The van der Waals surface area contributed by atoms with Gasteiger partial charge in [-0.2, -0.15) is 4.31 Å². The van der Waals surface area contributed by atoms with Crippen molar-refractivity contribution in [1.29, 1.82) is 0 Å². The van der Waals surface area contributed by atoms with Gasteiger partial charge in [-0.1, -0.05) is 32.9 Å². The lowest BCUT2D eigenvalue weighted by atomic mass is 10.1. The van der Waals surface area contributed by atoms with Crippen molar-refractivity contribution in [3.63, 3.8) is 0 Å². The predicted octanol–water partition coefficient (Wildman–Crippen LogP) is 2.52. The number of nitrogens with two attached hydrogens (primary N) is 1. The normalized spacial score (nSPS) is 12.1. The summed E-state index contributed by atoms with van der Waals surface area (Å²) >= 11 is 0. The Morgan fingerprint density at radius 1 is 1.10 bits per heavy atom. The average Bonchev–Trinajstić information content (AvgIpc) is 2.46. The maximum Gasteiger partial charge on any atom is 0.243 e. The smallest absolute Gasteiger partial charge is 0.243 e. The van der Waals surface area contributed by atoms with E-state index in [4.69, 9.17) is 5.73 Å². The molecule has 0 unspecified atom stereocenters. The summed E-state index contributed by atoms with van der Waals surface area (Å²) in [4.78, 5) is 0.421. The predicted molar refractivity (Wildman–Crippen MR) is 83.1 cm³/mol. The van der Waals surface area contributed by atoms with Crippen LogP contribution in [0.4, 0.5) is 0 Å². The van der Waals surface area contributed by atoms with Gasteiger partial charge < -0.3 is 5.73 Å². The van der Waals surface area contributed by atoms with Crippen molar-refractivity contribution in [3.05, 3.63) is 29.3 Å². The molecule has 0 spiro atoms. The van der Waals surface area contributed by atoms with Gasteiger partial charge in [0.1, 0.15) is 0 Å². The lowest BCUT2D eigenvalue weighted by Gasteiger charge is -2.23. The summed E-state index contributed by atoms with van der Waals surface area (Å²) in [6.07, 6.45) is 2.33. The Hall–Kier alpha value is -0.910. The van der Waals surface area contributed by atoms with Crippen molar-refractivity contribution in [2.75, 3.05) is 13.1 Å². The number of sulfonamides is 1. The Morgan fingerprint density at radius 3 is 2.15 bits per heavy atom. The molecule has 0 aliphatic carbocycles. The van der Waals surface area contributed by atoms with Crippen LogP contribution < -0.4 is 5.73 Å². The van der Waals surface area contributed by atoms with E-state index in [0.717, 1.165) is 24.0 Å². The molecule has 1 aromatic carbocycles. The summed E-state index contributed by atoms with van der Waals surface area (Å²) < 4.78 is 27.3. The van der Waals surface area contributed by atoms with E-state index in [1.165, 1.54) is 0 Å². The van der Waals surface area contributed by atoms with Crippen LogP contribution in [0.1, 0.15) is 44.7 Å². The van der Waals surface area contributed by atoms with Crippen LogP contribution in [0.2, 0.25) is 0 Å². The fraction of sp³-hybridized carbons (Fsp3) is 0.600. The molecule has 0 bridgehead atoms. The highest BCUT2D eigenvalue weighted by molar-refractivity contribution is 7.89. The number of aryl methyl sites for hydroxylation is 1. The third kappa shape index (κ3) is 3.81. The Kier molecular flexibility index (Phi) is 6.65. The van der Waals surface area contributed by atoms with Gasteiger partial charge in [0.05, 0.1) is 4.90 Å². The van der Waals surface area contributed by atoms with Gasteiger partial charge in [0, 0.05) is 19.6 Å². The number of benzene rings is 1. The lowest BCUT2D eigenvalue weighted by Crippen LogP contribution is -2.33. The third-order valence-corrected chi connectivity index (χ3v) is 5.29. The van der Waals surface area contributed by atoms with Crippen LogP contribution in [-0.2, 0) is 23.0 Å². The minimum Gasteiger partial charge on any atom is -0.326 e. The Morgan fingerprint density at radius 2 is 1.70 bits per heavy atom. The molecule has 0 heterocycles. The van der Waals surface area contributed by atoms with E-state index in [9.17, 15) is 8.42 Å². The zero-order chi connectivity index (χ0) is 15.2. The van der Waals surface area contributed by atoms with Gasteiger partial charge in [-0.05, 0) is 36.5 Å². The first-order chi connectivity index (χ1) is 9.51. The Bertz CT molecular complexity index is 521. The summed E-state index contributed by atoms with van der Waals surface area (Å²) in [7, 11) is -3.42. The third-order valence-electron chi connectivity index (χ3n) is 3.31. The summed E-state index contributed by atoms with van der Waals surface area (Å²) in [5.74, 6) is 0. The van der Waals surface area contributed by atoms with Crippen molar-refractivity contribution >= 4 is 10.0 Å².